The maximum Gasteiger partial charge on any atom is 0.230 e. The number of thiol groups is 1. The predicted molar refractivity (Wildman–Crippen MR) is 136 cm³/mol. The molecule has 1 amide bonds. The van der Waals surface area contributed by atoms with Crippen molar-refractivity contribution in [2.75, 3.05) is 5.73 Å². The van der Waals surface area contributed by atoms with Gasteiger partial charge in [-0.15, -0.1) is 12.8 Å². The zero-order chi connectivity index (χ0) is 23.3. The summed E-state index contributed by atoms with van der Waals surface area (Å²) in [5.74, 6) is 0.503. The van der Waals surface area contributed by atoms with Crippen molar-refractivity contribution in [3.8, 4) is 22.4 Å². The fraction of sp³-hybridized carbons (Fsp3) is 0.154. The second-order valence-electron chi connectivity index (χ2n) is 8.09. The Balaban J connectivity index is 0.00000126. The molecule has 168 valence electrons. The fourth-order valence-electron chi connectivity index (χ4n) is 4.02. The lowest BCUT2D eigenvalue weighted by Crippen LogP contribution is -2.34. The fourth-order valence-corrected chi connectivity index (χ4v) is 4.02. The number of nitrogens with zero attached hydrogens (tertiary/aromatic N) is 1. The molecule has 1 fully saturated rings. The van der Waals surface area contributed by atoms with Gasteiger partial charge < -0.3 is 16.0 Å². The van der Waals surface area contributed by atoms with Crippen LogP contribution in [0.15, 0.2) is 85.1 Å². The van der Waals surface area contributed by atoms with Gasteiger partial charge in [0.25, 0.3) is 0 Å². The van der Waals surface area contributed by atoms with E-state index in [1.165, 1.54) is 11.1 Å². The lowest BCUT2D eigenvalue weighted by Gasteiger charge is -2.16. The zero-order valence-electron chi connectivity index (χ0n) is 18.2. The Labute approximate surface area is 199 Å². The summed E-state index contributed by atoms with van der Waals surface area (Å²) in [4.78, 5) is 20.1. The van der Waals surface area contributed by atoms with Crippen LogP contribution >= 0.6 is 12.8 Å². The van der Waals surface area contributed by atoms with E-state index in [9.17, 15) is 4.79 Å². The number of aromatic nitrogens is 2. The predicted octanol–water partition coefficient (Wildman–Crippen LogP) is 4.46. The molecule has 0 aliphatic heterocycles. The van der Waals surface area contributed by atoms with Gasteiger partial charge in [-0.2, -0.15) is 0 Å². The van der Waals surface area contributed by atoms with Crippen LogP contribution in [0.5, 0.6) is 0 Å². The normalized spacial score (nSPS) is 13.5. The molecule has 6 nitrogen and oxygen atoms in total. The van der Waals surface area contributed by atoms with Crippen LogP contribution < -0.4 is 16.2 Å². The first-order valence-electron chi connectivity index (χ1n) is 10.7. The molecule has 33 heavy (non-hydrogen) atoms. The van der Waals surface area contributed by atoms with Gasteiger partial charge >= 0.3 is 0 Å². The van der Waals surface area contributed by atoms with Crippen molar-refractivity contribution in [1.82, 2.24) is 15.3 Å². The van der Waals surface area contributed by atoms with Crippen LogP contribution in [-0.4, -0.2) is 15.9 Å². The van der Waals surface area contributed by atoms with Crippen LogP contribution in [0.1, 0.15) is 24.0 Å². The lowest BCUT2D eigenvalue weighted by atomic mass is 9.92. The summed E-state index contributed by atoms with van der Waals surface area (Å²) in [6.07, 6.45) is 3.50. The second-order valence-corrected chi connectivity index (χ2v) is 8.09. The van der Waals surface area contributed by atoms with Crippen LogP contribution in [0.2, 0.25) is 0 Å². The molecule has 1 aliphatic carbocycles. The average Bonchev–Trinajstić information content (AvgIpc) is 3.59. The third kappa shape index (κ3) is 4.94. The molecule has 5 rings (SSSR count). The van der Waals surface area contributed by atoms with Crippen molar-refractivity contribution < 1.29 is 4.79 Å². The highest BCUT2D eigenvalue weighted by molar-refractivity contribution is 7.77. The topological polar surface area (TPSA) is 110 Å². The number of nitrogens with one attached hydrogen (secondary N) is 2. The van der Waals surface area contributed by atoms with E-state index in [4.69, 9.17) is 5.73 Å². The van der Waals surface area contributed by atoms with Crippen molar-refractivity contribution in [2.45, 2.75) is 24.8 Å². The number of carbonyl (C=O) groups excluding carboxylic acids is 1. The molecule has 0 saturated heterocycles. The number of nitrogen functional groups attached to an aromatic ring is 1. The van der Waals surface area contributed by atoms with Gasteiger partial charge in [-0.1, -0.05) is 78.9 Å². The third-order valence-corrected chi connectivity index (χ3v) is 6.04. The number of rotatable bonds is 6. The Morgan fingerprint density at radius 2 is 1.52 bits per heavy atom. The minimum atomic E-state index is -0.386. The summed E-state index contributed by atoms with van der Waals surface area (Å²) in [5.41, 5.74) is 11.6. The van der Waals surface area contributed by atoms with Gasteiger partial charge in [0.15, 0.2) is 5.95 Å². The highest BCUT2D eigenvalue weighted by Gasteiger charge is 2.51. The Kier molecular flexibility index (Phi) is 6.82. The van der Waals surface area contributed by atoms with E-state index in [2.05, 4.69) is 69.6 Å². The number of hydrogen-bond acceptors (Lipinski definition) is 5. The van der Waals surface area contributed by atoms with Crippen molar-refractivity contribution in [3.05, 3.63) is 96.2 Å². The molecule has 0 spiro atoms. The molecule has 7 heteroatoms. The minimum Gasteiger partial charge on any atom is -0.369 e. The first-order chi connectivity index (χ1) is 16.1. The van der Waals surface area contributed by atoms with Gasteiger partial charge in [0.1, 0.15) is 0 Å². The Bertz CT molecular complexity index is 1200. The summed E-state index contributed by atoms with van der Waals surface area (Å²) in [5, 5.41) is 7.33. The highest BCUT2D eigenvalue weighted by Crippen LogP contribution is 2.48. The van der Waals surface area contributed by atoms with Gasteiger partial charge in [0, 0.05) is 6.54 Å². The Hall–Kier alpha value is -3.55. The van der Waals surface area contributed by atoms with Crippen molar-refractivity contribution in [1.29, 1.82) is 0 Å². The molecular formula is C26H27N5OS. The molecule has 3 aromatic carbocycles. The largest absolute Gasteiger partial charge is 0.369 e. The number of benzene rings is 3. The first kappa shape index (κ1) is 22.6. The SMILES string of the molecule is NS.Nc1ncc(-c2ccc(CNC(=O)C3(c4ccc(-c5ccccc5)cc4)CC3)cc2)[nH]1. The number of anilines is 1. The number of imidazole rings is 1. The van der Waals surface area contributed by atoms with Crippen LogP contribution in [0, 0.1) is 0 Å². The van der Waals surface area contributed by atoms with Crippen LogP contribution in [0.4, 0.5) is 5.95 Å². The Morgan fingerprint density at radius 1 is 0.909 bits per heavy atom. The average molecular weight is 458 g/mol. The van der Waals surface area contributed by atoms with Gasteiger partial charge in [-0.25, -0.2) is 4.98 Å². The maximum absolute atomic E-state index is 13.0. The quantitative estimate of drug-likeness (QED) is 0.275. The maximum atomic E-state index is 13.0. The van der Waals surface area contributed by atoms with Crippen molar-refractivity contribution in [2.24, 2.45) is 5.14 Å². The van der Waals surface area contributed by atoms with Crippen molar-refractivity contribution in [3.63, 3.8) is 0 Å². The van der Waals surface area contributed by atoms with Gasteiger partial charge in [-0.3, -0.25) is 9.93 Å². The van der Waals surface area contributed by atoms with Crippen LogP contribution in [-0.2, 0) is 16.8 Å². The molecule has 0 atom stereocenters. The summed E-state index contributed by atoms with van der Waals surface area (Å²) >= 11 is 3.03. The number of hydrogen-bond donors (Lipinski definition) is 5. The van der Waals surface area contributed by atoms with Crippen molar-refractivity contribution >= 4 is 24.7 Å². The Morgan fingerprint density at radius 3 is 2.09 bits per heavy atom. The number of aromatic amines is 1. The lowest BCUT2D eigenvalue weighted by molar-refractivity contribution is -0.123. The number of amides is 1. The molecule has 0 unspecified atom stereocenters. The molecule has 0 bridgehead atoms. The summed E-state index contributed by atoms with van der Waals surface area (Å²) in [6, 6.07) is 26.7. The van der Waals surface area contributed by atoms with E-state index in [1.807, 2.05) is 42.5 Å². The minimum absolute atomic E-state index is 0.102. The van der Waals surface area contributed by atoms with Gasteiger partial charge in [0.2, 0.25) is 5.91 Å². The molecule has 1 saturated carbocycles. The zero-order valence-corrected chi connectivity index (χ0v) is 19.1. The van der Waals surface area contributed by atoms with Crippen LogP contribution in [0.25, 0.3) is 22.4 Å². The summed E-state index contributed by atoms with van der Waals surface area (Å²) in [6.45, 7) is 0.508. The highest BCUT2D eigenvalue weighted by atomic mass is 32.1. The van der Waals surface area contributed by atoms with E-state index < -0.39 is 0 Å². The third-order valence-electron chi connectivity index (χ3n) is 6.04. The number of carbonyl (C=O) groups is 1. The van der Waals surface area contributed by atoms with Gasteiger partial charge in [0.05, 0.1) is 17.3 Å². The standard InChI is InChI=1S/C26H24N4O.H3NS/c27-25-29-17-23(30-25)21-8-6-18(7-9-21)16-28-24(31)26(14-15-26)22-12-10-20(11-13-22)19-4-2-1-3-5-19;1-2/h1-13,17H,14-16H2,(H,28,31)(H3,27,29,30);2H,1H2. The van der Waals surface area contributed by atoms with E-state index in [-0.39, 0.29) is 11.3 Å². The molecule has 4 aromatic rings. The van der Waals surface area contributed by atoms with E-state index in [0.717, 1.165) is 35.2 Å². The molecule has 0 radical (unpaired) electrons. The summed E-state index contributed by atoms with van der Waals surface area (Å²) in [7, 11) is 0. The first-order valence-corrected chi connectivity index (χ1v) is 11.3. The monoisotopic (exact) mass is 457 g/mol. The van der Waals surface area contributed by atoms with E-state index >= 15 is 0 Å². The van der Waals surface area contributed by atoms with Gasteiger partial charge in [-0.05, 0) is 40.7 Å². The molecule has 6 N–H and O–H groups in total. The summed E-state index contributed by atoms with van der Waals surface area (Å²) < 4.78 is 0. The van der Waals surface area contributed by atoms with E-state index in [0.29, 0.717) is 12.5 Å². The molecular weight excluding hydrogens is 430 g/mol. The second kappa shape index (κ2) is 9.94. The smallest absolute Gasteiger partial charge is 0.230 e. The number of nitrogens with two attached hydrogens (primary N) is 2. The molecule has 1 aliphatic rings. The molecule has 1 aromatic heterocycles. The van der Waals surface area contributed by atoms with Crippen LogP contribution in [0.3, 0.4) is 0 Å². The van der Waals surface area contributed by atoms with E-state index in [1.54, 1.807) is 6.20 Å². The molecule has 1 heterocycles. The number of H-pyrrole nitrogens is 1.